The first-order valence-electron chi connectivity index (χ1n) is 7.63. The Kier molecular flexibility index (Phi) is 6.46. The summed E-state index contributed by atoms with van der Waals surface area (Å²) in [5, 5.41) is 0. The molecule has 0 bridgehead atoms. The van der Waals surface area contributed by atoms with E-state index in [0.717, 1.165) is 25.7 Å². The van der Waals surface area contributed by atoms with Crippen LogP contribution in [-0.4, -0.2) is 54.8 Å². The van der Waals surface area contributed by atoms with Crippen LogP contribution in [0.15, 0.2) is 0 Å². The highest BCUT2D eigenvalue weighted by molar-refractivity contribution is 5.86. The fraction of sp³-hybridized carbons (Fsp3) is 0.867. The Hall–Kier alpha value is -1.10. The Morgan fingerprint density at radius 3 is 2.40 bits per heavy atom. The van der Waals surface area contributed by atoms with Crippen LogP contribution >= 0.6 is 0 Å². The van der Waals surface area contributed by atoms with Gasteiger partial charge in [0.2, 0.25) is 11.8 Å². The van der Waals surface area contributed by atoms with Crippen LogP contribution in [0.2, 0.25) is 0 Å². The molecule has 5 nitrogen and oxygen atoms in total. The van der Waals surface area contributed by atoms with Gasteiger partial charge in [0, 0.05) is 26.7 Å². The summed E-state index contributed by atoms with van der Waals surface area (Å²) in [4.78, 5) is 27.8. The molecule has 3 atom stereocenters. The third-order valence-electron chi connectivity index (χ3n) is 4.19. The van der Waals surface area contributed by atoms with E-state index in [0.29, 0.717) is 12.5 Å². The van der Waals surface area contributed by atoms with Crippen LogP contribution in [-0.2, 0) is 9.59 Å². The van der Waals surface area contributed by atoms with Gasteiger partial charge in [-0.3, -0.25) is 9.59 Å². The Bertz CT molecular complexity index is 334. The van der Waals surface area contributed by atoms with Gasteiger partial charge in [0.15, 0.2) is 0 Å². The van der Waals surface area contributed by atoms with Crippen LogP contribution in [0.1, 0.15) is 39.5 Å². The van der Waals surface area contributed by atoms with Crippen molar-refractivity contribution in [2.75, 3.05) is 27.2 Å². The second-order valence-corrected chi connectivity index (χ2v) is 6.15. The maximum absolute atomic E-state index is 12.7. The standard InChI is InChI=1S/C15H29N3O2/c1-5-9-18(10-13(19)17(3)4)15(20)14-11(2)7-6-8-12(14)16/h11-12,14H,5-10,16H2,1-4H3. The van der Waals surface area contributed by atoms with E-state index in [-0.39, 0.29) is 30.3 Å². The second kappa shape index (κ2) is 7.62. The monoisotopic (exact) mass is 283 g/mol. The number of likely N-dealkylation sites (N-methyl/N-ethyl adjacent to an activating group) is 1. The number of rotatable bonds is 5. The lowest BCUT2D eigenvalue weighted by Gasteiger charge is -2.37. The summed E-state index contributed by atoms with van der Waals surface area (Å²) >= 11 is 0. The maximum Gasteiger partial charge on any atom is 0.241 e. The van der Waals surface area contributed by atoms with Gasteiger partial charge in [-0.2, -0.15) is 0 Å². The lowest BCUT2D eigenvalue weighted by molar-refractivity contribution is -0.144. The molecule has 0 heterocycles. The Balaban J connectivity index is 2.78. The number of amides is 2. The topological polar surface area (TPSA) is 66.6 Å². The van der Waals surface area contributed by atoms with E-state index < -0.39 is 0 Å². The minimum absolute atomic E-state index is 0.0381. The first kappa shape index (κ1) is 17.0. The minimum Gasteiger partial charge on any atom is -0.347 e. The van der Waals surface area contributed by atoms with Crippen molar-refractivity contribution in [1.29, 1.82) is 0 Å². The van der Waals surface area contributed by atoms with Gasteiger partial charge >= 0.3 is 0 Å². The SMILES string of the molecule is CCCN(CC(=O)N(C)C)C(=O)C1C(C)CCCC1N. The van der Waals surface area contributed by atoms with Crippen LogP contribution in [0.3, 0.4) is 0 Å². The molecule has 0 radical (unpaired) electrons. The van der Waals surface area contributed by atoms with Crippen LogP contribution in [0.5, 0.6) is 0 Å². The predicted molar refractivity (Wildman–Crippen MR) is 80.0 cm³/mol. The zero-order chi connectivity index (χ0) is 15.3. The average molecular weight is 283 g/mol. The Morgan fingerprint density at radius 2 is 1.90 bits per heavy atom. The number of carbonyl (C=O) groups is 2. The zero-order valence-electron chi connectivity index (χ0n) is 13.3. The summed E-state index contributed by atoms with van der Waals surface area (Å²) in [5.41, 5.74) is 6.15. The number of carbonyl (C=O) groups excluding carboxylic acids is 2. The fourth-order valence-corrected chi connectivity index (χ4v) is 2.94. The summed E-state index contributed by atoms with van der Waals surface area (Å²) in [6.07, 6.45) is 3.90. The largest absolute Gasteiger partial charge is 0.347 e. The number of nitrogens with two attached hydrogens (primary N) is 1. The van der Waals surface area contributed by atoms with E-state index in [1.165, 1.54) is 4.90 Å². The highest BCUT2D eigenvalue weighted by Gasteiger charge is 2.36. The molecule has 1 aliphatic rings. The molecule has 20 heavy (non-hydrogen) atoms. The summed E-state index contributed by atoms with van der Waals surface area (Å²) in [7, 11) is 3.43. The second-order valence-electron chi connectivity index (χ2n) is 6.15. The molecule has 2 amide bonds. The van der Waals surface area contributed by atoms with Crippen molar-refractivity contribution in [2.45, 2.75) is 45.6 Å². The van der Waals surface area contributed by atoms with Crippen LogP contribution in [0, 0.1) is 11.8 Å². The highest BCUT2D eigenvalue weighted by Crippen LogP contribution is 2.30. The quantitative estimate of drug-likeness (QED) is 0.821. The third kappa shape index (κ3) is 4.20. The van der Waals surface area contributed by atoms with Crippen molar-refractivity contribution in [3.63, 3.8) is 0 Å². The molecular formula is C15H29N3O2. The molecule has 0 aromatic heterocycles. The van der Waals surface area contributed by atoms with Crippen molar-refractivity contribution in [3.05, 3.63) is 0 Å². The van der Waals surface area contributed by atoms with E-state index in [1.54, 1.807) is 19.0 Å². The molecule has 3 unspecified atom stereocenters. The van der Waals surface area contributed by atoms with Gasteiger partial charge in [0.05, 0.1) is 12.5 Å². The zero-order valence-corrected chi connectivity index (χ0v) is 13.3. The van der Waals surface area contributed by atoms with Crippen molar-refractivity contribution in [1.82, 2.24) is 9.80 Å². The molecule has 0 aromatic rings. The molecule has 116 valence electrons. The van der Waals surface area contributed by atoms with Crippen LogP contribution in [0.4, 0.5) is 0 Å². The Labute approximate surface area is 122 Å². The fourth-order valence-electron chi connectivity index (χ4n) is 2.94. The highest BCUT2D eigenvalue weighted by atomic mass is 16.2. The molecule has 1 fully saturated rings. The summed E-state index contributed by atoms with van der Waals surface area (Å²) < 4.78 is 0. The lowest BCUT2D eigenvalue weighted by Crippen LogP contribution is -2.51. The summed E-state index contributed by atoms with van der Waals surface area (Å²) in [5.74, 6) is 0.191. The lowest BCUT2D eigenvalue weighted by atomic mass is 9.76. The number of nitrogens with zero attached hydrogens (tertiary/aromatic N) is 2. The first-order chi connectivity index (χ1) is 9.38. The number of hydrogen-bond donors (Lipinski definition) is 1. The molecule has 0 aromatic carbocycles. The van der Waals surface area contributed by atoms with Crippen molar-refractivity contribution in [2.24, 2.45) is 17.6 Å². The van der Waals surface area contributed by atoms with Gasteiger partial charge in [0.1, 0.15) is 0 Å². The predicted octanol–water partition coefficient (Wildman–Crippen LogP) is 1.08. The molecule has 1 rings (SSSR count). The third-order valence-corrected chi connectivity index (χ3v) is 4.19. The van der Waals surface area contributed by atoms with Crippen molar-refractivity contribution >= 4 is 11.8 Å². The van der Waals surface area contributed by atoms with E-state index in [9.17, 15) is 9.59 Å². The molecule has 0 saturated heterocycles. The molecule has 2 N–H and O–H groups in total. The molecule has 1 saturated carbocycles. The molecule has 1 aliphatic carbocycles. The maximum atomic E-state index is 12.7. The first-order valence-corrected chi connectivity index (χ1v) is 7.63. The number of hydrogen-bond acceptors (Lipinski definition) is 3. The van der Waals surface area contributed by atoms with Crippen LogP contribution in [0.25, 0.3) is 0 Å². The minimum atomic E-state index is -0.134. The Morgan fingerprint density at radius 1 is 1.25 bits per heavy atom. The smallest absolute Gasteiger partial charge is 0.241 e. The van der Waals surface area contributed by atoms with E-state index in [4.69, 9.17) is 5.73 Å². The van der Waals surface area contributed by atoms with E-state index in [1.807, 2.05) is 6.92 Å². The normalized spacial score (nSPS) is 26.1. The van der Waals surface area contributed by atoms with Gasteiger partial charge in [-0.15, -0.1) is 0 Å². The summed E-state index contributed by atoms with van der Waals surface area (Å²) in [6, 6.07) is -0.0694. The van der Waals surface area contributed by atoms with E-state index >= 15 is 0 Å². The van der Waals surface area contributed by atoms with Gasteiger partial charge in [-0.1, -0.05) is 20.3 Å². The average Bonchev–Trinajstić information content (AvgIpc) is 2.37. The molecule has 5 heteroatoms. The summed E-state index contributed by atoms with van der Waals surface area (Å²) in [6.45, 7) is 4.90. The van der Waals surface area contributed by atoms with Crippen molar-refractivity contribution in [3.8, 4) is 0 Å². The van der Waals surface area contributed by atoms with Crippen molar-refractivity contribution < 1.29 is 9.59 Å². The molecular weight excluding hydrogens is 254 g/mol. The van der Waals surface area contributed by atoms with Gasteiger partial charge in [-0.25, -0.2) is 0 Å². The van der Waals surface area contributed by atoms with Crippen LogP contribution < -0.4 is 5.73 Å². The van der Waals surface area contributed by atoms with E-state index in [2.05, 4.69) is 6.92 Å². The molecule has 0 aliphatic heterocycles. The van der Waals surface area contributed by atoms with Gasteiger partial charge < -0.3 is 15.5 Å². The molecule has 0 spiro atoms. The van der Waals surface area contributed by atoms with Gasteiger partial charge in [-0.05, 0) is 25.2 Å². The van der Waals surface area contributed by atoms with Gasteiger partial charge in [0.25, 0.3) is 0 Å².